The van der Waals surface area contributed by atoms with Gasteiger partial charge in [0.1, 0.15) is 12.1 Å². The lowest BCUT2D eigenvalue weighted by Gasteiger charge is -2.38. The van der Waals surface area contributed by atoms with Crippen molar-refractivity contribution in [2.24, 2.45) is 0 Å². The van der Waals surface area contributed by atoms with Crippen LogP contribution in [0.15, 0.2) is 24.3 Å². The molecule has 0 spiro atoms. The second-order valence-corrected chi connectivity index (χ2v) is 5.61. The van der Waals surface area contributed by atoms with Crippen LogP contribution in [0.5, 0.6) is 0 Å². The van der Waals surface area contributed by atoms with Gasteiger partial charge in [-0.05, 0) is 31.4 Å². The summed E-state index contributed by atoms with van der Waals surface area (Å²) in [6.07, 6.45) is 3.48. The van der Waals surface area contributed by atoms with Crippen molar-refractivity contribution >= 4 is 17.5 Å². The average Bonchev–Trinajstić information content (AvgIpc) is 2.47. The van der Waals surface area contributed by atoms with Crippen molar-refractivity contribution in [2.75, 3.05) is 4.90 Å². The Morgan fingerprint density at radius 3 is 2.52 bits per heavy atom. The highest BCUT2D eigenvalue weighted by molar-refractivity contribution is 6.08. The molecular formula is C17H24N2O2. The predicted molar refractivity (Wildman–Crippen MR) is 84.2 cm³/mol. The van der Waals surface area contributed by atoms with Crippen LogP contribution in [-0.4, -0.2) is 23.9 Å². The van der Waals surface area contributed by atoms with E-state index in [2.05, 4.69) is 12.2 Å². The lowest BCUT2D eigenvalue weighted by atomic mass is 10.0. The first kappa shape index (κ1) is 15.5. The number of nitrogens with one attached hydrogen (secondary N) is 1. The highest BCUT2D eigenvalue weighted by Crippen LogP contribution is 2.27. The summed E-state index contributed by atoms with van der Waals surface area (Å²) in [6.45, 7) is 5.93. The third-order valence-corrected chi connectivity index (χ3v) is 3.97. The van der Waals surface area contributed by atoms with Gasteiger partial charge in [-0.3, -0.25) is 14.5 Å². The molecule has 0 aromatic heterocycles. The molecule has 2 atom stereocenters. The standard InChI is InChI=1S/C17H24N2O2/c1-4-8-13-10-6-7-11-15(13)19-12(3)16(20)18-14(9-5-2)17(19)21/h6-7,10-12,14H,4-5,8-9H2,1-3H3,(H,18,20). The van der Waals surface area contributed by atoms with E-state index < -0.39 is 12.1 Å². The van der Waals surface area contributed by atoms with Crippen molar-refractivity contribution in [3.63, 3.8) is 0 Å². The quantitative estimate of drug-likeness (QED) is 0.905. The van der Waals surface area contributed by atoms with Crippen molar-refractivity contribution in [3.8, 4) is 0 Å². The Bertz CT molecular complexity index is 527. The molecule has 1 aromatic carbocycles. The average molecular weight is 288 g/mol. The molecule has 0 radical (unpaired) electrons. The Kier molecular flexibility index (Phi) is 4.99. The number of hydrogen-bond acceptors (Lipinski definition) is 2. The van der Waals surface area contributed by atoms with E-state index >= 15 is 0 Å². The number of rotatable bonds is 5. The topological polar surface area (TPSA) is 49.4 Å². The van der Waals surface area contributed by atoms with Gasteiger partial charge in [-0.1, -0.05) is 44.9 Å². The molecule has 0 bridgehead atoms. The number of nitrogens with zero attached hydrogens (tertiary/aromatic N) is 1. The van der Waals surface area contributed by atoms with Gasteiger partial charge in [-0.2, -0.15) is 0 Å². The van der Waals surface area contributed by atoms with Gasteiger partial charge in [0.25, 0.3) is 0 Å². The van der Waals surface area contributed by atoms with Crippen molar-refractivity contribution in [2.45, 2.75) is 58.5 Å². The summed E-state index contributed by atoms with van der Waals surface area (Å²) in [5, 5.41) is 2.84. The number of anilines is 1. The summed E-state index contributed by atoms with van der Waals surface area (Å²) in [4.78, 5) is 26.6. The fourth-order valence-corrected chi connectivity index (χ4v) is 2.87. The molecule has 1 heterocycles. The zero-order valence-electron chi connectivity index (χ0n) is 13.1. The van der Waals surface area contributed by atoms with Gasteiger partial charge >= 0.3 is 0 Å². The van der Waals surface area contributed by atoms with Gasteiger partial charge in [0, 0.05) is 5.69 Å². The van der Waals surface area contributed by atoms with Crippen LogP contribution in [0.3, 0.4) is 0 Å². The molecule has 0 aliphatic carbocycles. The number of aryl methyl sites for hydroxylation is 1. The van der Waals surface area contributed by atoms with E-state index in [0.717, 1.165) is 30.5 Å². The number of amides is 2. The van der Waals surface area contributed by atoms with Crippen molar-refractivity contribution < 1.29 is 9.59 Å². The van der Waals surface area contributed by atoms with Crippen LogP contribution in [0.2, 0.25) is 0 Å². The lowest BCUT2D eigenvalue weighted by molar-refractivity contribution is -0.133. The van der Waals surface area contributed by atoms with Crippen LogP contribution in [0, 0.1) is 0 Å². The van der Waals surface area contributed by atoms with Crippen LogP contribution in [-0.2, 0) is 16.0 Å². The van der Waals surface area contributed by atoms with Crippen molar-refractivity contribution in [1.82, 2.24) is 5.32 Å². The van der Waals surface area contributed by atoms with E-state index in [1.54, 1.807) is 11.8 Å². The van der Waals surface area contributed by atoms with Crippen molar-refractivity contribution in [1.29, 1.82) is 0 Å². The summed E-state index contributed by atoms with van der Waals surface area (Å²) >= 11 is 0. The number of para-hydroxylation sites is 1. The van der Waals surface area contributed by atoms with Crippen LogP contribution >= 0.6 is 0 Å². The predicted octanol–water partition coefficient (Wildman–Crippen LogP) is 2.66. The molecule has 0 saturated carbocycles. The summed E-state index contributed by atoms with van der Waals surface area (Å²) < 4.78 is 0. The van der Waals surface area contributed by atoms with E-state index in [4.69, 9.17) is 0 Å². The van der Waals surface area contributed by atoms with E-state index in [1.807, 2.05) is 31.2 Å². The largest absolute Gasteiger partial charge is 0.342 e. The summed E-state index contributed by atoms with van der Waals surface area (Å²) in [5.41, 5.74) is 2.01. The Morgan fingerprint density at radius 2 is 1.86 bits per heavy atom. The monoisotopic (exact) mass is 288 g/mol. The molecule has 4 nitrogen and oxygen atoms in total. The summed E-state index contributed by atoms with van der Waals surface area (Å²) in [6, 6.07) is 7.05. The van der Waals surface area contributed by atoms with Crippen LogP contribution < -0.4 is 10.2 Å². The van der Waals surface area contributed by atoms with Crippen LogP contribution in [0.1, 0.15) is 45.6 Å². The molecular weight excluding hydrogens is 264 g/mol. The normalized spacial score (nSPS) is 22.3. The molecule has 1 aliphatic rings. The maximum Gasteiger partial charge on any atom is 0.250 e. The first-order valence-electron chi connectivity index (χ1n) is 7.81. The molecule has 2 amide bonds. The molecule has 114 valence electrons. The fourth-order valence-electron chi connectivity index (χ4n) is 2.87. The number of carbonyl (C=O) groups is 2. The van der Waals surface area contributed by atoms with Gasteiger partial charge in [0.2, 0.25) is 11.8 Å². The minimum Gasteiger partial charge on any atom is -0.342 e. The zero-order valence-corrected chi connectivity index (χ0v) is 13.1. The fraction of sp³-hybridized carbons (Fsp3) is 0.529. The van der Waals surface area contributed by atoms with E-state index in [9.17, 15) is 9.59 Å². The first-order chi connectivity index (χ1) is 10.1. The minimum atomic E-state index is -0.455. The molecule has 21 heavy (non-hydrogen) atoms. The van der Waals surface area contributed by atoms with Gasteiger partial charge in [0.05, 0.1) is 0 Å². The molecule has 4 heteroatoms. The van der Waals surface area contributed by atoms with E-state index in [0.29, 0.717) is 6.42 Å². The zero-order chi connectivity index (χ0) is 15.4. The first-order valence-corrected chi connectivity index (χ1v) is 7.81. The van der Waals surface area contributed by atoms with Crippen LogP contribution in [0.4, 0.5) is 5.69 Å². The highest BCUT2D eigenvalue weighted by atomic mass is 16.2. The molecule has 1 saturated heterocycles. The van der Waals surface area contributed by atoms with Gasteiger partial charge in [0.15, 0.2) is 0 Å². The third kappa shape index (κ3) is 3.09. The Morgan fingerprint density at radius 1 is 1.14 bits per heavy atom. The maximum absolute atomic E-state index is 12.7. The Hall–Kier alpha value is -1.84. The smallest absolute Gasteiger partial charge is 0.250 e. The maximum atomic E-state index is 12.7. The number of hydrogen-bond donors (Lipinski definition) is 1. The number of carbonyl (C=O) groups excluding carboxylic acids is 2. The molecule has 1 N–H and O–H groups in total. The second-order valence-electron chi connectivity index (χ2n) is 5.61. The summed E-state index contributed by atoms with van der Waals surface area (Å²) in [5.74, 6) is -0.0631. The lowest BCUT2D eigenvalue weighted by Crippen LogP contribution is -2.62. The molecule has 2 unspecified atom stereocenters. The Labute approximate surface area is 126 Å². The van der Waals surface area contributed by atoms with Crippen LogP contribution in [0.25, 0.3) is 0 Å². The van der Waals surface area contributed by atoms with E-state index in [-0.39, 0.29) is 11.8 Å². The van der Waals surface area contributed by atoms with E-state index in [1.165, 1.54) is 0 Å². The molecule has 1 aliphatic heterocycles. The Balaban J connectivity index is 2.39. The van der Waals surface area contributed by atoms with Gasteiger partial charge in [-0.15, -0.1) is 0 Å². The molecule has 1 aromatic rings. The third-order valence-electron chi connectivity index (χ3n) is 3.97. The highest BCUT2D eigenvalue weighted by Gasteiger charge is 2.38. The van der Waals surface area contributed by atoms with Gasteiger partial charge in [-0.25, -0.2) is 0 Å². The summed E-state index contributed by atoms with van der Waals surface area (Å²) in [7, 11) is 0. The van der Waals surface area contributed by atoms with Crippen molar-refractivity contribution in [3.05, 3.63) is 29.8 Å². The minimum absolute atomic E-state index is 0.00695. The second kappa shape index (κ2) is 6.74. The molecule has 2 rings (SSSR count). The molecule has 1 fully saturated rings. The number of benzene rings is 1. The SMILES string of the molecule is CCCc1ccccc1N1C(=O)C(CCC)NC(=O)C1C. The number of piperazine rings is 1. The van der Waals surface area contributed by atoms with Gasteiger partial charge < -0.3 is 5.32 Å².